The predicted molar refractivity (Wildman–Crippen MR) is 63.3 cm³/mol. The molecular formula is C12H9N3O2. The van der Waals surface area contributed by atoms with E-state index in [0.29, 0.717) is 28.4 Å². The fourth-order valence-electron chi connectivity index (χ4n) is 1.57. The maximum atomic E-state index is 9.53. The molecule has 1 aromatic carbocycles. The molecule has 0 amide bonds. The molecule has 0 spiro atoms. The molecule has 0 saturated heterocycles. The van der Waals surface area contributed by atoms with E-state index in [2.05, 4.69) is 9.97 Å². The van der Waals surface area contributed by atoms with Crippen LogP contribution in [0.15, 0.2) is 40.9 Å². The number of fused-ring (bicyclic) bond motifs is 1. The van der Waals surface area contributed by atoms with Crippen LogP contribution < -0.4 is 5.73 Å². The van der Waals surface area contributed by atoms with E-state index in [0.717, 1.165) is 0 Å². The molecule has 0 aliphatic carbocycles. The van der Waals surface area contributed by atoms with E-state index in [9.17, 15) is 5.11 Å². The summed E-state index contributed by atoms with van der Waals surface area (Å²) in [6, 6.07) is 8.42. The van der Waals surface area contributed by atoms with E-state index in [1.54, 1.807) is 30.5 Å². The maximum Gasteiger partial charge on any atom is 0.229 e. The molecule has 3 rings (SSSR count). The molecule has 0 saturated carbocycles. The van der Waals surface area contributed by atoms with Crippen molar-refractivity contribution in [2.75, 3.05) is 5.73 Å². The van der Waals surface area contributed by atoms with Crippen molar-refractivity contribution in [3.8, 4) is 17.2 Å². The van der Waals surface area contributed by atoms with Gasteiger partial charge in [-0.2, -0.15) is 4.98 Å². The van der Waals surface area contributed by atoms with Gasteiger partial charge in [0, 0.05) is 11.8 Å². The van der Waals surface area contributed by atoms with Crippen LogP contribution in [0.2, 0.25) is 0 Å². The van der Waals surface area contributed by atoms with E-state index in [1.807, 2.05) is 0 Å². The van der Waals surface area contributed by atoms with Crippen LogP contribution in [0.25, 0.3) is 22.7 Å². The highest BCUT2D eigenvalue weighted by molar-refractivity contribution is 5.73. The number of hydrogen-bond donors (Lipinski definition) is 2. The zero-order valence-electron chi connectivity index (χ0n) is 8.79. The fourth-order valence-corrected chi connectivity index (χ4v) is 1.57. The molecule has 0 radical (unpaired) electrons. The Kier molecular flexibility index (Phi) is 1.98. The number of anilines is 1. The van der Waals surface area contributed by atoms with Gasteiger partial charge in [-0.25, -0.2) is 4.98 Å². The van der Waals surface area contributed by atoms with E-state index < -0.39 is 0 Å². The number of pyridine rings is 1. The minimum absolute atomic E-state index is 0.0118. The SMILES string of the molecule is Nc1ccc(-c2nc3ncccc3o2)cc1O. The zero-order valence-corrected chi connectivity index (χ0v) is 8.79. The monoisotopic (exact) mass is 227 g/mol. The predicted octanol–water partition coefficient (Wildman–Crippen LogP) is 2.18. The first-order valence-electron chi connectivity index (χ1n) is 5.04. The van der Waals surface area contributed by atoms with E-state index in [4.69, 9.17) is 10.2 Å². The van der Waals surface area contributed by atoms with Gasteiger partial charge in [0.15, 0.2) is 11.2 Å². The normalized spacial score (nSPS) is 10.8. The molecule has 5 nitrogen and oxygen atoms in total. The van der Waals surface area contributed by atoms with Crippen LogP contribution in [0, 0.1) is 0 Å². The summed E-state index contributed by atoms with van der Waals surface area (Å²) >= 11 is 0. The average Bonchev–Trinajstić information content (AvgIpc) is 2.76. The largest absolute Gasteiger partial charge is 0.506 e. The summed E-state index contributed by atoms with van der Waals surface area (Å²) in [4.78, 5) is 8.30. The van der Waals surface area contributed by atoms with Crippen molar-refractivity contribution in [3.63, 3.8) is 0 Å². The molecule has 3 N–H and O–H groups in total. The molecule has 0 aliphatic rings. The molecule has 2 aromatic heterocycles. The molecule has 0 fully saturated rings. The summed E-state index contributed by atoms with van der Waals surface area (Å²) in [6.07, 6.45) is 1.65. The summed E-state index contributed by atoms with van der Waals surface area (Å²) in [7, 11) is 0. The standard InChI is InChI=1S/C12H9N3O2/c13-8-4-3-7(6-9(8)16)12-15-11-10(17-12)2-1-5-14-11/h1-6,16H,13H2. The number of aromatic nitrogens is 2. The first-order valence-corrected chi connectivity index (χ1v) is 5.04. The lowest BCUT2D eigenvalue weighted by molar-refractivity contribution is 0.478. The molecule has 0 bridgehead atoms. The highest BCUT2D eigenvalue weighted by atomic mass is 16.3. The molecule has 3 aromatic rings. The molecule has 0 unspecified atom stereocenters. The Balaban J connectivity index is 2.17. The van der Waals surface area contributed by atoms with Crippen LogP contribution >= 0.6 is 0 Å². The van der Waals surface area contributed by atoms with Gasteiger partial charge in [-0.1, -0.05) is 0 Å². The number of oxazole rings is 1. The van der Waals surface area contributed by atoms with Crippen LogP contribution in [0.4, 0.5) is 5.69 Å². The van der Waals surface area contributed by atoms with Crippen molar-refractivity contribution in [2.24, 2.45) is 0 Å². The van der Waals surface area contributed by atoms with Crippen LogP contribution in [0.5, 0.6) is 5.75 Å². The van der Waals surface area contributed by atoms with Gasteiger partial charge in [0.25, 0.3) is 0 Å². The first-order chi connectivity index (χ1) is 8.24. The lowest BCUT2D eigenvalue weighted by Crippen LogP contribution is -1.86. The van der Waals surface area contributed by atoms with Crippen molar-refractivity contribution >= 4 is 16.9 Å². The smallest absolute Gasteiger partial charge is 0.229 e. The van der Waals surface area contributed by atoms with E-state index in [-0.39, 0.29) is 5.75 Å². The summed E-state index contributed by atoms with van der Waals surface area (Å²) in [6.45, 7) is 0. The molecule has 2 heterocycles. The van der Waals surface area contributed by atoms with Gasteiger partial charge in [0.05, 0.1) is 5.69 Å². The quantitative estimate of drug-likeness (QED) is 0.491. The third-order valence-electron chi connectivity index (χ3n) is 2.44. The second-order valence-electron chi connectivity index (χ2n) is 3.62. The number of nitrogens with two attached hydrogens (primary N) is 1. The Morgan fingerprint density at radius 3 is 2.88 bits per heavy atom. The van der Waals surface area contributed by atoms with E-state index >= 15 is 0 Å². The van der Waals surface area contributed by atoms with Gasteiger partial charge in [0.2, 0.25) is 5.89 Å². The summed E-state index contributed by atoms with van der Waals surface area (Å²) in [5.41, 5.74) is 7.66. The minimum atomic E-state index is 0.0118. The summed E-state index contributed by atoms with van der Waals surface area (Å²) < 4.78 is 5.52. The van der Waals surface area contributed by atoms with Crippen LogP contribution in [-0.4, -0.2) is 15.1 Å². The van der Waals surface area contributed by atoms with Gasteiger partial charge in [0.1, 0.15) is 5.75 Å². The average molecular weight is 227 g/mol. The Bertz CT molecular complexity index is 658. The van der Waals surface area contributed by atoms with E-state index in [1.165, 1.54) is 6.07 Å². The molecule has 17 heavy (non-hydrogen) atoms. The van der Waals surface area contributed by atoms with Crippen molar-refractivity contribution < 1.29 is 9.52 Å². The number of benzene rings is 1. The number of hydrogen-bond acceptors (Lipinski definition) is 5. The van der Waals surface area contributed by atoms with Gasteiger partial charge < -0.3 is 15.3 Å². The molecule has 5 heteroatoms. The number of nitrogens with zero attached hydrogens (tertiary/aromatic N) is 2. The molecular weight excluding hydrogens is 218 g/mol. The van der Waals surface area contributed by atoms with Crippen molar-refractivity contribution in [1.29, 1.82) is 0 Å². The third kappa shape index (κ3) is 1.57. The lowest BCUT2D eigenvalue weighted by Gasteiger charge is -1.99. The number of aromatic hydroxyl groups is 1. The van der Waals surface area contributed by atoms with Crippen LogP contribution in [0.1, 0.15) is 0 Å². The lowest BCUT2D eigenvalue weighted by atomic mass is 10.2. The van der Waals surface area contributed by atoms with Crippen LogP contribution in [-0.2, 0) is 0 Å². The highest BCUT2D eigenvalue weighted by Crippen LogP contribution is 2.28. The second kappa shape index (κ2) is 3.48. The topological polar surface area (TPSA) is 85.2 Å². The number of phenolic OH excluding ortho intramolecular Hbond substituents is 1. The second-order valence-corrected chi connectivity index (χ2v) is 3.62. The van der Waals surface area contributed by atoms with Crippen molar-refractivity contribution in [2.45, 2.75) is 0 Å². The third-order valence-corrected chi connectivity index (χ3v) is 2.44. The summed E-state index contributed by atoms with van der Waals surface area (Å²) in [5.74, 6) is 0.423. The minimum Gasteiger partial charge on any atom is -0.506 e. The molecule has 0 aliphatic heterocycles. The molecule has 84 valence electrons. The fraction of sp³-hybridized carbons (Fsp3) is 0. The van der Waals surface area contributed by atoms with Gasteiger partial charge in [-0.15, -0.1) is 0 Å². The van der Waals surface area contributed by atoms with Gasteiger partial charge in [-0.3, -0.25) is 0 Å². The zero-order chi connectivity index (χ0) is 11.8. The Morgan fingerprint density at radius 1 is 1.24 bits per heavy atom. The maximum absolute atomic E-state index is 9.53. The van der Waals surface area contributed by atoms with Crippen molar-refractivity contribution in [3.05, 3.63) is 36.5 Å². The molecule has 0 atom stereocenters. The Morgan fingerprint density at radius 2 is 2.12 bits per heavy atom. The van der Waals surface area contributed by atoms with Crippen molar-refractivity contribution in [1.82, 2.24) is 9.97 Å². The highest BCUT2D eigenvalue weighted by Gasteiger charge is 2.09. The van der Waals surface area contributed by atoms with Crippen LogP contribution in [0.3, 0.4) is 0 Å². The summed E-state index contributed by atoms with van der Waals surface area (Å²) in [5, 5.41) is 9.53. The Labute approximate surface area is 96.5 Å². The first kappa shape index (κ1) is 9.65. The Hall–Kier alpha value is -2.56. The number of phenols is 1. The van der Waals surface area contributed by atoms with Gasteiger partial charge >= 0.3 is 0 Å². The van der Waals surface area contributed by atoms with Gasteiger partial charge in [-0.05, 0) is 30.3 Å². The number of rotatable bonds is 1. The number of nitrogen functional groups attached to an aromatic ring is 1.